The van der Waals surface area contributed by atoms with E-state index in [1.54, 1.807) is 0 Å². The van der Waals surface area contributed by atoms with Crippen LogP contribution in [0.4, 0.5) is 0 Å². The zero-order chi connectivity index (χ0) is 10.6. The van der Waals surface area contributed by atoms with E-state index in [4.69, 9.17) is 0 Å². The van der Waals surface area contributed by atoms with Gasteiger partial charge >= 0.3 is 0 Å². The van der Waals surface area contributed by atoms with Crippen LogP contribution in [0.5, 0.6) is 0 Å². The van der Waals surface area contributed by atoms with Gasteiger partial charge in [-0.15, -0.1) is 6.58 Å². The van der Waals surface area contributed by atoms with Crippen LogP contribution in [-0.4, -0.2) is 34.7 Å². The molecule has 0 amide bonds. The van der Waals surface area contributed by atoms with Crippen molar-refractivity contribution in [2.24, 2.45) is 0 Å². The van der Waals surface area contributed by atoms with Gasteiger partial charge in [0.15, 0.2) is 0 Å². The van der Waals surface area contributed by atoms with Gasteiger partial charge in [0.05, 0.1) is 6.10 Å². The molecule has 0 saturated carbocycles. The molecule has 0 aliphatic carbocycles. The third-order valence-electron chi connectivity index (χ3n) is 3.65. The number of rotatable bonds is 5. The Morgan fingerprint density at radius 2 is 2.07 bits per heavy atom. The Hall–Kier alpha value is -0.340. The minimum absolute atomic E-state index is 0.0509. The summed E-state index contributed by atoms with van der Waals surface area (Å²) in [6.45, 7) is 10.3. The largest absolute Gasteiger partial charge is 0.391 e. The van der Waals surface area contributed by atoms with E-state index in [1.165, 1.54) is 12.8 Å². The molecule has 0 aromatic carbocycles. The molecular formula is C12H23NO. The molecule has 1 aliphatic rings. The van der Waals surface area contributed by atoms with Crippen molar-refractivity contribution in [2.45, 2.75) is 51.2 Å². The van der Waals surface area contributed by atoms with Crippen LogP contribution in [0.15, 0.2) is 12.7 Å². The SMILES string of the molecule is C=CCC(O)C(C)(CC)N1CCCC1. The van der Waals surface area contributed by atoms with Crippen molar-refractivity contribution in [3.63, 3.8) is 0 Å². The summed E-state index contributed by atoms with van der Waals surface area (Å²) >= 11 is 0. The molecule has 2 nitrogen and oxygen atoms in total. The second-order valence-electron chi connectivity index (χ2n) is 4.45. The van der Waals surface area contributed by atoms with E-state index in [0.29, 0.717) is 6.42 Å². The number of aliphatic hydroxyl groups is 1. The maximum atomic E-state index is 10.1. The maximum Gasteiger partial charge on any atom is 0.0755 e. The van der Waals surface area contributed by atoms with E-state index in [1.807, 2.05) is 6.08 Å². The molecule has 2 unspecified atom stereocenters. The van der Waals surface area contributed by atoms with E-state index in [0.717, 1.165) is 19.5 Å². The predicted molar refractivity (Wildman–Crippen MR) is 60.3 cm³/mol. The number of nitrogens with zero attached hydrogens (tertiary/aromatic N) is 1. The second-order valence-corrected chi connectivity index (χ2v) is 4.45. The molecule has 2 heteroatoms. The van der Waals surface area contributed by atoms with Gasteiger partial charge in [-0.2, -0.15) is 0 Å². The van der Waals surface area contributed by atoms with Crippen molar-refractivity contribution >= 4 is 0 Å². The Kier molecular flexibility index (Phi) is 4.14. The normalized spacial score (nSPS) is 24.5. The van der Waals surface area contributed by atoms with E-state index >= 15 is 0 Å². The Balaban J connectivity index is 2.67. The lowest BCUT2D eigenvalue weighted by Gasteiger charge is -2.41. The lowest BCUT2D eigenvalue weighted by molar-refractivity contribution is -0.0102. The average molecular weight is 197 g/mol. The number of hydrogen-bond acceptors (Lipinski definition) is 2. The fraction of sp³-hybridized carbons (Fsp3) is 0.833. The lowest BCUT2D eigenvalue weighted by Crippen LogP contribution is -2.52. The van der Waals surface area contributed by atoms with Gasteiger partial charge in [0.2, 0.25) is 0 Å². The second kappa shape index (κ2) is 4.94. The fourth-order valence-electron chi connectivity index (χ4n) is 2.31. The van der Waals surface area contributed by atoms with E-state index in [-0.39, 0.29) is 11.6 Å². The highest BCUT2D eigenvalue weighted by Crippen LogP contribution is 2.29. The Labute approximate surface area is 87.6 Å². The number of likely N-dealkylation sites (tertiary alicyclic amines) is 1. The minimum atomic E-state index is -0.275. The van der Waals surface area contributed by atoms with Crippen LogP contribution in [0.1, 0.15) is 39.5 Å². The van der Waals surface area contributed by atoms with E-state index in [2.05, 4.69) is 25.3 Å². The first kappa shape index (κ1) is 11.7. The summed E-state index contributed by atoms with van der Waals surface area (Å²) in [5.74, 6) is 0. The zero-order valence-corrected chi connectivity index (χ0v) is 9.50. The molecule has 1 saturated heterocycles. The van der Waals surface area contributed by atoms with Crippen molar-refractivity contribution in [1.29, 1.82) is 0 Å². The van der Waals surface area contributed by atoms with Crippen LogP contribution in [0.3, 0.4) is 0 Å². The molecule has 2 atom stereocenters. The van der Waals surface area contributed by atoms with Gasteiger partial charge in [0.1, 0.15) is 0 Å². The molecule has 14 heavy (non-hydrogen) atoms. The van der Waals surface area contributed by atoms with Crippen LogP contribution in [0.25, 0.3) is 0 Å². The summed E-state index contributed by atoms with van der Waals surface area (Å²) in [6, 6.07) is 0. The number of aliphatic hydroxyl groups excluding tert-OH is 1. The molecule has 1 aliphatic heterocycles. The topological polar surface area (TPSA) is 23.5 Å². The quantitative estimate of drug-likeness (QED) is 0.683. The van der Waals surface area contributed by atoms with Crippen LogP contribution < -0.4 is 0 Å². The third-order valence-corrected chi connectivity index (χ3v) is 3.65. The van der Waals surface area contributed by atoms with Crippen LogP contribution >= 0.6 is 0 Å². The highest BCUT2D eigenvalue weighted by atomic mass is 16.3. The van der Waals surface area contributed by atoms with Gasteiger partial charge in [-0.05, 0) is 45.7 Å². The molecular weight excluding hydrogens is 174 g/mol. The summed E-state index contributed by atoms with van der Waals surface area (Å²) in [7, 11) is 0. The first-order valence-corrected chi connectivity index (χ1v) is 5.69. The molecule has 0 radical (unpaired) electrons. The smallest absolute Gasteiger partial charge is 0.0755 e. The molecule has 0 aromatic rings. The van der Waals surface area contributed by atoms with Gasteiger partial charge in [-0.1, -0.05) is 13.0 Å². The fourth-order valence-corrected chi connectivity index (χ4v) is 2.31. The summed E-state index contributed by atoms with van der Waals surface area (Å²) in [6.07, 6.45) is 5.78. The monoisotopic (exact) mass is 197 g/mol. The standard InChI is InChI=1S/C12H23NO/c1-4-8-11(14)12(3,5-2)13-9-6-7-10-13/h4,11,14H,1,5-10H2,2-3H3. The molecule has 0 spiro atoms. The van der Waals surface area contributed by atoms with Crippen LogP contribution in [-0.2, 0) is 0 Å². The molecule has 1 fully saturated rings. The first-order chi connectivity index (χ1) is 6.65. The Bertz CT molecular complexity index is 187. The van der Waals surface area contributed by atoms with Gasteiger partial charge in [0.25, 0.3) is 0 Å². The van der Waals surface area contributed by atoms with Gasteiger partial charge in [-0.25, -0.2) is 0 Å². The van der Waals surface area contributed by atoms with Crippen molar-refractivity contribution in [2.75, 3.05) is 13.1 Å². The summed E-state index contributed by atoms with van der Waals surface area (Å²) in [4.78, 5) is 2.43. The summed E-state index contributed by atoms with van der Waals surface area (Å²) in [5.41, 5.74) is -0.0509. The molecule has 0 aromatic heterocycles. The van der Waals surface area contributed by atoms with Gasteiger partial charge < -0.3 is 5.11 Å². The average Bonchev–Trinajstić information content (AvgIpc) is 2.70. The van der Waals surface area contributed by atoms with Crippen LogP contribution in [0.2, 0.25) is 0 Å². The lowest BCUT2D eigenvalue weighted by atomic mass is 9.88. The van der Waals surface area contributed by atoms with Crippen molar-refractivity contribution in [3.05, 3.63) is 12.7 Å². The zero-order valence-electron chi connectivity index (χ0n) is 9.50. The molecule has 1 heterocycles. The summed E-state index contributed by atoms with van der Waals surface area (Å²) < 4.78 is 0. The first-order valence-electron chi connectivity index (χ1n) is 5.69. The molecule has 0 bridgehead atoms. The molecule has 82 valence electrons. The Morgan fingerprint density at radius 3 is 2.50 bits per heavy atom. The maximum absolute atomic E-state index is 10.1. The minimum Gasteiger partial charge on any atom is -0.391 e. The van der Waals surface area contributed by atoms with Crippen molar-refractivity contribution in [3.8, 4) is 0 Å². The number of hydrogen-bond donors (Lipinski definition) is 1. The van der Waals surface area contributed by atoms with Gasteiger partial charge in [-0.3, -0.25) is 4.90 Å². The van der Waals surface area contributed by atoms with Crippen LogP contribution in [0, 0.1) is 0 Å². The Morgan fingerprint density at radius 1 is 1.50 bits per heavy atom. The third kappa shape index (κ3) is 2.18. The summed E-state index contributed by atoms with van der Waals surface area (Å²) in [5, 5.41) is 10.1. The molecule has 1 rings (SSSR count). The molecule has 1 N–H and O–H groups in total. The van der Waals surface area contributed by atoms with Crippen molar-refractivity contribution in [1.82, 2.24) is 4.90 Å². The highest BCUT2D eigenvalue weighted by molar-refractivity contribution is 4.96. The van der Waals surface area contributed by atoms with E-state index in [9.17, 15) is 5.11 Å². The highest BCUT2D eigenvalue weighted by Gasteiger charge is 2.37. The van der Waals surface area contributed by atoms with Gasteiger partial charge in [0, 0.05) is 5.54 Å². The van der Waals surface area contributed by atoms with E-state index < -0.39 is 0 Å². The van der Waals surface area contributed by atoms with Crippen molar-refractivity contribution < 1.29 is 5.11 Å². The predicted octanol–water partition coefficient (Wildman–Crippen LogP) is 2.19.